The minimum atomic E-state index is -0.935. The molecule has 0 spiro atoms. The number of likely N-dealkylation sites (tertiary alicyclic amines) is 1. The molecule has 88 valence electrons. The van der Waals surface area contributed by atoms with Crippen LogP contribution in [0.4, 0.5) is 4.79 Å². The topological polar surface area (TPSA) is 86.5 Å². The highest BCUT2D eigenvalue weighted by Crippen LogP contribution is 2.23. The number of carbonyl (C=O) groups is 1. The van der Waals surface area contributed by atoms with Crippen molar-refractivity contribution in [1.82, 2.24) is 9.88 Å². The molecule has 1 saturated heterocycles. The van der Waals surface area contributed by atoms with E-state index >= 15 is 0 Å². The highest BCUT2D eigenvalue weighted by Gasteiger charge is 2.40. The first-order valence-corrected chi connectivity index (χ1v) is 5.14. The van der Waals surface area contributed by atoms with E-state index in [0.29, 0.717) is 18.0 Å². The summed E-state index contributed by atoms with van der Waals surface area (Å²) in [6.45, 7) is 2.15. The summed E-state index contributed by atoms with van der Waals surface area (Å²) in [6, 6.07) is 4.97. The van der Waals surface area contributed by atoms with Gasteiger partial charge in [0.15, 0.2) is 0 Å². The second kappa shape index (κ2) is 4.29. The lowest BCUT2D eigenvalue weighted by Gasteiger charge is -2.43. The first kappa shape index (κ1) is 11.2. The van der Waals surface area contributed by atoms with Crippen LogP contribution in [0.5, 0.6) is 5.75 Å². The summed E-state index contributed by atoms with van der Waals surface area (Å²) in [5.74, 6) is 0.547. The average molecular weight is 233 g/mol. The molecule has 2 unspecified atom stereocenters. The maximum absolute atomic E-state index is 10.7. The Bertz CT molecular complexity index is 466. The zero-order valence-electron chi connectivity index (χ0n) is 9.20. The highest BCUT2D eigenvalue weighted by atomic mass is 16.5. The van der Waals surface area contributed by atoms with Crippen molar-refractivity contribution in [3.8, 4) is 11.8 Å². The largest absolute Gasteiger partial charge is 0.485 e. The summed E-state index contributed by atoms with van der Waals surface area (Å²) >= 11 is 0. The fourth-order valence-corrected chi connectivity index (χ4v) is 1.65. The lowest BCUT2D eigenvalue weighted by atomic mass is 10.0. The van der Waals surface area contributed by atoms with Gasteiger partial charge in [0.1, 0.15) is 23.6 Å². The van der Waals surface area contributed by atoms with E-state index in [4.69, 9.17) is 15.1 Å². The van der Waals surface area contributed by atoms with Crippen LogP contribution in [-0.4, -0.2) is 39.8 Å². The molecule has 1 aromatic heterocycles. The number of nitrogens with zero attached hydrogens (tertiary/aromatic N) is 3. The van der Waals surface area contributed by atoms with Crippen LogP contribution < -0.4 is 4.74 Å². The van der Waals surface area contributed by atoms with E-state index in [0.717, 1.165) is 0 Å². The van der Waals surface area contributed by atoms with Crippen LogP contribution in [0.2, 0.25) is 0 Å². The zero-order valence-corrected chi connectivity index (χ0v) is 9.20. The maximum Gasteiger partial charge on any atom is 0.407 e. The number of pyridine rings is 1. The Labute approximate surface area is 98.1 Å². The summed E-state index contributed by atoms with van der Waals surface area (Å²) in [7, 11) is 0. The van der Waals surface area contributed by atoms with Crippen LogP contribution in [0.3, 0.4) is 0 Å². The first-order chi connectivity index (χ1) is 8.11. The van der Waals surface area contributed by atoms with Gasteiger partial charge in [-0.3, -0.25) is 4.90 Å². The molecular formula is C11H11N3O3. The van der Waals surface area contributed by atoms with Crippen molar-refractivity contribution in [2.45, 2.75) is 19.1 Å². The Balaban J connectivity index is 1.95. The van der Waals surface area contributed by atoms with E-state index in [1.807, 2.05) is 6.07 Å². The number of hydrogen-bond acceptors (Lipinski definition) is 4. The van der Waals surface area contributed by atoms with Gasteiger partial charge in [0.05, 0.1) is 18.8 Å². The van der Waals surface area contributed by atoms with Gasteiger partial charge in [-0.25, -0.2) is 9.78 Å². The van der Waals surface area contributed by atoms with Crippen molar-refractivity contribution >= 4 is 6.09 Å². The van der Waals surface area contributed by atoms with Gasteiger partial charge in [-0.15, -0.1) is 0 Å². The van der Waals surface area contributed by atoms with Crippen molar-refractivity contribution in [1.29, 1.82) is 5.26 Å². The number of amides is 1. The second-order valence-electron chi connectivity index (χ2n) is 3.82. The highest BCUT2D eigenvalue weighted by molar-refractivity contribution is 5.66. The summed E-state index contributed by atoms with van der Waals surface area (Å²) < 4.78 is 5.57. The molecule has 0 radical (unpaired) electrons. The summed E-state index contributed by atoms with van der Waals surface area (Å²) in [4.78, 5) is 15.9. The standard InChI is InChI=1S/C11H11N3O3/c1-7-10(6-14(7)11(15)16)17-9-3-2-8(4-12)13-5-9/h2-3,5,7,10H,6H2,1H3,(H,15,16). The molecule has 0 bridgehead atoms. The lowest BCUT2D eigenvalue weighted by molar-refractivity contribution is -0.0226. The number of rotatable bonds is 2. The normalized spacial score (nSPS) is 22.5. The van der Waals surface area contributed by atoms with Gasteiger partial charge >= 0.3 is 6.09 Å². The Morgan fingerprint density at radius 3 is 2.94 bits per heavy atom. The molecule has 1 aliphatic rings. The van der Waals surface area contributed by atoms with Gasteiger partial charge in [0.25, 0.3) is 0 Å². The Kier molecular flexibility index (Phi) is 2.83. The molecule has 1 amide bonds. The molecule has 2 atom stereocenters. The average Bonchev–Trinajstić information content (AvgIpc) is 2.33. The molecule has 1 aromatic rings. The van der Waals surface area contributed by atoms with Gasteiger partial charge in [0.2, 0.25) is 0 Å². The second-order valence-corrected chi connectivity index (χ2v) is 3.82. The van der Waals surface area contributed by atoms with Crippen LogP contribution in [0.1, 0.15) is 12.6 Å². The van der Waals surface area contributed by atoms with E-state index in [1.54, 1.807) is 19.1 Å². The molecule has 0 aliphatic carbocycles. The third-order valence-corrected chi connectivity index (χ3v) is 2.79. The first-order valence-electron chi connectivity index (χ1n) is 5.14. The van der Waals surface area contributed by atoms with E-state index in [1.165, 1.54) is 11.1 Å². The van der Waals surface area contributed by atoms with Crippen molar-refractivity contribution in [2.75, 3.05) is 6.54 Å². The van der Waals surface area contributed by atoms with Crippen molar-refractivity contribution in [3.05, 3.63) is 24.0 Å². The van der Waals surface area contributed by atoms with Gasteiger partial charge in [-0.1, -0.05) is 0 Å². The molecule has 0 saturated carbocycles. The van der Waals surface area contributed by atoms with Crippen LogP contribution in [0.15, 0.2) is 18.3 Å². The third kappa shape index (κ3) is 2.13. The molecule has 1 fully saturated rings. The Hall–Kier alpha value is -2.29. The maximum atomic E-state index is 10.7. The molecule has 1 aliphatic heterocycles. The SMILES string of the molecule is CC1C(Oc2ccc(C#N)nc2)CN1C(=O)O. The van der Waals surface area contributed by atoms with Crippen LogP contribution >= 0.6 is 0 Å². The molecule has 2 rings (SSSR count). The predicted molar refractivity (Wildman–Crippen MR) is 57.6 cm³/mol. The van der Waals surface area contributed by atoms with Crippen LogP contribution in [0.25, 0.3) is 0 Å². The van der Waals surface area contributed by atoms with E-state index in [2.05, 4.69) is 4.98 Å². The molecule has 0 aromatic carbocycles. The number of hydrogen-bond donors (Lipinski definition) is 1. The minimum Gasteiger partial charge on any atom is -0.485 e. The molecular weight excluding hydrogens is 222 g/mol. The molecule has 2 heterocycles. The summed E-state index contributed by atoms with van der Waals surface area (Å²) in [5.41, 5.74) is 0.325. The monoisotopic (exact) mass is 233 g/mol. The molecule has 17 heavy (non-hydrogen) atoms. The minimum absolute atomic E-state index is 0.152. The third-order valence-electron chi connectivity index (χ3n) is 2.79. The summed E-state index contributed by atoms with van der Waals surface area (Å²) in [5, 5.41) is 17.4. The fraction of sp³-hybridized carbons (Fsp3) is 0.364. The van der Waals surface area contributed by atoms with E-state index < -0.39 is 6.09 Å². The van der Waals surface area contributed by atoms with Gasteiger partial charge in [-0.2, -0.15) is 5.26 Å². The predicted octanol–water partition coefficient (Wildman–Crippen LogP) is 1.08. The Morgan fingerprint density at radius 2 is 2.47 bits per heavy atom. The van der Waals surface area contributed by atoms with Crippen LogP contribution in [-0.2, 0) is 0 Å². The van der Waals surface area contributed by atoms with Gasteiger partial charge in [0, 0.05) is 0 Å². The van der Waals surface area contributed by atoms with E-state index in [-0.39, 0.29) is 12.1 Å². The molecule has 1 N–H and O–H groups in total. The number of ether oxygens (including phenoxy) is 1. The van der Waals surface area contributed by atoms with Gasteiger partial charge in [-0.05, 0) is 19.1 Å². The quantitative estimate of drug-likeness (QED) is 0.826. The number of carboxylic acid groups (broad SMARTS) is 1. The van der Waals surface area contributed by atoms with Crippen molar-refractivity contribution in [3.63, 3.8) is 0 Å². The summed E-state index contributed by atoms with van der Waals surface area (Å²) in [6.07, 6.45) is 0.380. The zero-order chi connectivity index (χ0) is 12.4. The van der Waals surface area contributed by atoms with Crippen molar-refractivity contribution < 1.29 is 14.6 Å². The van der Waals surface area contributed by atoms with Crippen molar-refractivity contribution in [2.24, 2.45) is 0 Å². The van der Waals surface area contributed by atoms with E-state index in [9.17, 15) is 4.79 Å². The smallest absolute Gasteiger partial charge is 0.407 e. The number of aromatic nitrogens is 1. The van der Waals surface area contributed by atoms with Crippen LogP contribution in [0, 0.1) is 11.3 Å². The Morgan fingerprint density at radius 1 is 1.71 bits per heavy atom. The number of nitriles is 1. The lowest BCUT2D eigenvalue weighted by Crippen LogP contribution is -2.62. The molecule has 6 nitrogen and oxygen atoms in total. The van der Waals surface area contributed by atoms with Gasteiger partial charge < -0.3 is 9.84 Å². The molecule has 6 heteroatoms. The fourth-order valence-electron chi connectivity index (χ4n) is 1.65.